The average Bonchev–Trinajstić information content (AvgIpc) is 1.59. The lowest BCUT2D eigenvalue weighted by Crippen LogP contribution is -2.71. The number of hydroxylamine groups is 4. The molecule has 1 aliphatic carbocycles. The van der Waals surface area contributed by atoms with Crippen LogP contribution >= 0.6 is 11.8 Å². The maximum atomic E-state index is 14.5. The second-order valence-electron chi connectivity index (χ2n) is 28.2. The number of aromatic nitrogens is 1. The number of aliphatic hydroxyl groups excluding tert-OH is 3. The first-order valence-corrected chi connectivity index (χ1v) is 37.8. The number of phenolic OH excluding ortho intramolecular Hbond substituents is 1. The van der Waals surface area contributed by atoms with Crippen LogP contribution in [-0.2, 0) is 76.7 Å². The number of benzene rings is 2. The number of primary amides is 1. The molecule has 0 aromatic heterocycles. The SMILES string of the molecule is CC(O)C(NCC(=O)NC(=O)C(CCCNC(=O)CCCCCCCCC(=O)NC(C(=O)N[C@@H]1C(=O)N2[C@@H]1SC(C)(C)[C@@H]2C(=O)O)c1ccccc1)NC(=O)C(CCCN(O)C=O)NC(=O)C(CO)NC(=O)C1CCNc2c(NC(=O)CCC(N)=O)cc3cc(O)c(=O)cc-3n21)C(=O)NC(CO)C(=O)NC1CCCN(O)C1=O. The van der Waals surface area contributed by atoms with Crippen molar-refractivity contribution in [3.63, 3.8) is 0 Å². The van der Waals surface area contributed by atoms with Crippen molar-refractivity contribution in [2.75, 3.05) is 56.6 Å². The molecule has 41 nitrogen and oxygen atoms in total. The lowest BCUT2D eigenvalue weighted by molar-refractivity contribution is -0.173. The Morgan fingerprint density at radius 2 is 1.34 bits per heavy atom. The Morgan fingerprint density at radius 3 is 1.98 bits per heavy atom. The quantitative estimate of drug-likeness (QED) is 0.00838. The molecule has 618 valence electrons. The van der Waals surface area contributed by atoms with Crippen molar-refractivity contribution in [3.05, 3.63) is 64.3 Å². The highest BCUT2D eigenvalue weighted by Crippen LogP contribution is 2.51. The van der Waals surface area contributed by atoms with Crippen LogP contribution in [0.2, 0.25) is 0 Å². The number of pyridine rings is 1. The second-order valence-corrected chi connectivity index (χ2v) is 30.0. The number of aromatic hydroxyl groups is 1. The molecule has 3 fully saturated rings. The zero-order chi connectivity index (χ0) is 83.0. The van der Waals surface area contributed by atoms with Crippen molar-refractivity contribution in [1.82, 2.24) is 72.8 Å². The number of thioether (sulfide) groups is 1. The van der Waals surface area contributed by atoms with E-state index in [4.69, 9.17) is 5.73 Å². The molecule has 9 unspecified atom stereocenters. The van der Waals surface area contributed by atoms with Crippen molar-refractivity contribution in [2.45, 2.75) is 207 Å². The van der Waals surface area contributed by atoms with Crippen LogP contribution in [0.25, 0.3) is 11.3 Å². The summed E-state index contributed by atoms with van der Waals surface area (Å²) in [5.74, 6) is -13.9. The van der Waals surface area contributed by atoms with Crippen LogP contribution in [0.5, 0.6) is 5.75 Å². The minimum absolute atomic E-state index is 0.00586. The van der Waals surface area contributed by atoms with E-state index in [0.29, 0.717) is 55.6 Å². The lowest BCUT2D eigenvalue weighted by atomic mass is 9.95. The molecule has 1 aromatic rings. The molecule has 15 amide bonds. The number of unbranched alkanes of at least 4 members (excludes halogenated alkanes) is 5. The maximum absolute atomic E-state index is 14.5. The third-order valence-electron chi connectivity index (χ3n) is 19.2. The number of nitrogens with two attached hydrogens (primary N) is 1. The summed E-state index contributed by atoms with van der Waals surface area (Å²) in [4.78, 5) is 225. The van der Waals surface area contributed by atoms with Gasteiger partial charge in [0.15, 0.2) is 5.75 Å². The van der Waals surface area contributed by atoms with E-state index in [1.54, 1.807) is 44.2 Å². The number of aliphatic carboxylic acids is 1. The van der Waals surface area contributed by atoms with Crippen LogP contribution in [-0.4, -0.2) is 261 Å². The molecule has 42 heteroatoms. The molecule has 3 saturated heterocycles. The highest BCUT2D eigenvalue weighted by atomic mass is 32.2. The second kappa shape index (κ2) is 42.1. The van der Waals surface area contributed by atoms with Crippen LogP contribution in [0.4, 0.5) is 11.5 Å². The Kier molecular flexibility index (Phi) is 33.3. The number of rotatable bonds is 44. The summed E-state index contributed by atoms with van der Waals surface area (Å²) < 4.78 is 0.492. The van der Waals surface area contributed by atoms with Gasteiger partial charge in [-0.05, 0) is 96.3 Å². The van der Waals surface area contributed by atoms with Crippen LogP contribution < -0.4 is 75.0 Å². The number of aliphatic hydroxyl groups is 3. The van der Waals surface area contributed by atoms with Crippen molar-refractivity contribution >= 4 is 118 Å². The van der Waals surface area contributed by atoms with E-state index in [9.17, 15) is 117 Å². The van der Waals surface area contributed by atoms with Crippen molar-refractivity contribution < 1.29 is 113 Å². The number of anilines is 2. The summed E-state index contributed by atoms with van der Waals surface area (Å²) in [6.07, 6.45) is 0.636. The van der Waals surface area contributed by atoms with Crippen molar-refractivity contribution in [1.29, 1.82) is 0 Å². The van der Waals surface area contributed by atoms with Crippen molar-refractivity contribution in [2.24, 2.45) is 5.73 Å². The molecule has 21 N–H and O–H groups in total. The fourth-order valence-electron chi connectivity index (χ4n) is 13.3. The molecular formula is C71H99N17O24S. The summed E-state index contributed by atoms with van der Waals surface area (Å²) >= 11 is 1.27. The summed E-state index contributed by atoms with van der Waals surface area (Å²) in [7, 11) is 0. The number of hydrogen-bond donors (Lipinski definition) is 20. The Hall–Kier alpha value is -10.9. The molecule has 1 aromatic carbocycles. The van der Waals surface area contributed by atoms with E-state index in [1.807, 2.05) is 0 Å². The first-order valence-electron chi connectivity index (χ1n) is 37.0. The fourth-order valence-corrected chi connectivity index (χ4v) is 14.9. The summed E-state index contributed by atoms with van der Waals surface area (Å²) in [6, 6.07) is -2.56. The molecule has 7 rings (SSSR count). The van der Waals surface area contributed by atoms with Crippen molar-refractivity contribution in [3.8, 4) is 17.0 Å². The lowest BCUT2D eigenvalue weighted by Gasteiger charge is -2.44. The van der Waals surface area contributed by atoms with Gasteiger partial charge in [-0.1, -0.05) is 56.0 Å². The first-order chi connectivity index (χ1) is 53.7. The zero-order valence-electron chi connectivity index (χ0n) is 62.4. The van der Waals surface area contributed by atoms with Crippen LogP contribution in [0, 0.1) is 0 Å². The van der Waals surface area contributed by atoms with Crippen LogP contribution in [0.3, 0.4) is 0 Å². The Bertz CT molecular complexity index is 4020. The number of phenols is 1. The van der Waals surface area contributed by atoms with Gasteiger partial charge >= 0.3 is 5.97 Å². The highest BCUT2D eigenvalue weighted by molar-refractivity contribution is 8.01. The first kappa shape index (κ1) is 89.3. The monoisotopic (exact) mass is 1610 g/mol. The summed E-state index contributed by atoms with van der Waals surface area (Å²) in [5, 5.41) is 102. The summed E-state index contributed by atoms with van der Waals surface area (Å²) in [6.45, 7) is 1.02. The molecule has 0 radical (unpaired) electrons. The van der Waals surface area contributed by atoms with Gasteiger partial charge in [0.05, 0.1) is 37.2 Å². The number of piperidine rings is 1. The van der Waals surface area contributed by atoms with Gasteiger partial charge in [-0.2, -0.15) is 0 Å². The molecular weight excluding hydrogens is 1510 g/mol. The van der Waals surface area contributed by atoms with E-state index in [0.717, 1.165) is 19.1 Å². The Labute approximate surface area is 651 Å². The number of hydrogen-bond acceptors (Lipinski definition) is 26. The number of nitrogens with zero attached hydrogens (tertiary/aromatic N) is 4. The number of nitrogens with one attached hydrogen (secondary N) is 12. The normalized spacial score (nSPS) is 19.2. The van der Waals surface area contributed by atoms with Gasteiger partial charge in [0.2, 0.25) is 88.6 Å². The van der Waals surface area contributed by atoms with E-state index < -0.39 is 209 Å². The molecule has 5 aliphatic heterocycles. The minimum atomic E-state index is -1.87. The number of carboxylic acids is 1. The molecule has 0 spiro atoms. The summed E-state index contributed by atoms with van der Waals surface area (Å²) in [5.41, 5.74) is 5.10. The molecule has 0 bridgehead atoms. The fraction of sp³-hybridized carbons (Fsp3) is 0.563. The highest BCUT2D eigenvalue weighted by Gasteiger charge is 2.64. The standard InChI is InChI=1S/C71H99N17O24S/c1-37(92)55(65(105)81-45(35-90)63(103)79-42-20-15-29-86(112)67(42)107)75-33-54(99)83-61(101)40(18-13-26-73-51(96)21-11-6-4-5-7-12-22-52(97)82-56(38-16-9-8-10-17-38)66(106)84-57-68(108)88-58(70(109)110)71(2,3)113-69(57)88)77-60(100)41(19-14-28-85(111)36-91)78-62(102)44(34-89)80-64(104)46-25-27-74-59-43(76-53(98)24-23-50(72)95)30-39-31-48(93)49(94)32-47(39)87(46)59/h8-10,16-17,30-32,36-37,40-42,44-46,55-58,69,74-75,89-90,92-93,111-112H,4-7,11-15,18-29,33-35H2,1-3H3,(H2,72,95)(H,73,96)(H,76,98)(H,77,100)(H,78,102)(H,79,103)(H,80,104)(H,81,105)(H,82,97)(H,84,106)(H,109,110)(H,83,99,101)/t37?,40?,41?,42?,44?,45?,46?,55?,56?,57-,58+,69-/m1/s1. The van der Waals surface area contributed by atoms with Gasteiger partial charge in [-0.25, -0.2) is 14.9 Å². The van der Waals surface area contributed by atoms with Gasteiger partial charge in [0.1, 0.15) is 71.6 Å². The number of carbonyl (C=O) groups excluding carboxylic acids is 15. The Balaban J connectivity index is 0.968. The third-order valence-corrected chi connectivity index (χ3v) is 20.8. The van der Waals surface area contributed by atoms with E-state index in [1.165, 1.54) is 27.3 Å². The van der Waals surface area contributed by atoms with E-state index in [-0.39, 0.29) is 112 Å². The average molecular weight is 1610 g/mol. The van der Waals surface area contributed by atoms with E-state index in [2.05, 4.69) is 63.8 Å². The van der Waals surface area contributed by atoms with Gasteiger partial charge < -0.3 is 93.9 Å². The largest absolute Gasteiger partial charge is 0.504 e. The topological polar surface area (TPSA) is 617 Å². The van der Waals surface area contributed by atoms with Crippen LogP contribution in [0.15, 0.2) is 53.3 Å². The number of carbonyl (C=O) groups is 16. The number of imide groups is 1. The van der Waals surface area contributed by atoms with Crippen LogP contribution in [0.1, 0.15) is 148 Å². The molecule has 12 atom stereocenters. The molecule has 113 heavy (non-hydrogen) atoms. The number of carboxylic acid groups (broad SMARTS) is 1. The van der Waals surface area contributed by atoms with Gasteiger partial charge in [-0.3, -0.25) is 97.8 Å². The van der Waals surface area contributed by atoms with Gasteiger partial charge in [0, 0.05) is 68.2 Å². The van der Waals surface area contributed by atoms with E-state index >= 15 is 0 Å². The maximum Gasteiger partial charge on any atom is 0.327 e. The smallest absolute Gasteiger partial charge is 0.327 e. The van der Waals surface area contributed by atoms with Gasteiger partial charge in [0.25, 0.3) is 5.91 Å². The predicted molar refractivity (Wildman–Crippen MR) is 397 cm³/mol. The predicted octanol–water partition coefficient (Wildman–Crippen LogP) is -4.24. The zero-order valence-corrected chi connectivity index (χ0v) is 63.3. The Morgan fingerprint density at radius 1 is 0.708 bits per heavy atom. The number of fused-ring (bicyclic) bond motifs is 4. The molecule has 0 saturated carbocycles. The number of β-lactam (4-membered cyclic amide) rings is 1. The minimum Gasteiger partial charge on any atom is -0.504 e. The molecule has 6 aliphatic rings. The van der Waals surface area contributed by atoms with Gasteiger partial charge in [-0.15, -0.1) is 11.8 Å². The third kappa shape index (κ3) is 24.8. The molecule has 5 heterocycles. The number of amides is 15.